The second-order valence-corrected chi connectivity index (χ2v) is 6.10. The summed E-state index contributed by atoms with van der Waals surface area (Å²) in [6.45, 7) is 4.05. The molecule has 0 unspecified atom stereocenters. The zero-order chi connectivity index (χ0) is 14.3. The van der Waals surface area contributed by atoms with Crippen LogP contribution in [0.15, 0.2) is 30.3 Å². The van der Waals surface area contributed by atoms with Crippen molar-refractivity contribution in [1.29, 1.82) is 0 Å². The average Bonchev–Trinajstić information content (AvgIpc) is 3.17. The second-order valence-electron chi connectivity index (χ2n) is 5.67. The Labute approximate surface area is 124 Å². The first kappa shape index (κ1) is 13.4. The highest BCUT2D eigenvalue weighted by Crippen LogP contribution is 2.34. The van der Waals surface area contributed by atoms with Gasteiger partial charge in [-0.1, -0.05) is 11.6 Å². The number of nitrogens with zero attached hydrogens (tertiary/aromatic N) is 1. The molecule has 0 bridgehead atoms. The SMILES string of the molecule is Cc1cc(C(=O)CC2CC2)c(C)n1-c1ccc(Cl)cc1. The summed E-state index contributed by atoms with van der Waals surface area (Å²) in [5, 5.41) is 0.723. The van der Waals surface area contributed by atoms with Crippen molar-refractivity contribution in [2.75, 3.05) is 0 Å². The molecular weight excluding hydrogens is 270 g/mol. The van der Waals surface area contributed by atoms with Crippen molar-refractivity contribution in [1.82, 2.24) is 4.57 Å². The van der Waals surface area contributed by atoms with Crippen LogP contribution in [0, 0.1) is 19.8 Å². The summed E-state index contributed by atoms with van der Waals surface area (Å²) in [7, 11) is 0. The third-order valence-electron chi connectivity index (χ3n) is 3.99. The Morgan fingerprint density at radius 3 is 2.50 bits per heavy atom. The van der Waals surface area contributed by atoms with E-state index >= 15 is 0 Å². The summed E-state index contributed by atoms with van der Waals surface area (Å²) in [6, 6.07) is 9.73. The van der Waals surface area contributed by atoms with Crippen LogP contribution in [0.1, 0.15) is 41.0 Å². The molecule has 1 aliphatic rings. The number of hydrogen-bond donors (Lipinski definition) is 0. The summed E-state index contributed by atoms with van der Waals surface area (Å²) in [6.07, 6.45) is 3.12. The van der Waals surface area contributed by atoms with Gasteiger partial charge >= 0.3 is 0 Å². The quantitative estimate of drug-likeness (QED) is 0.745. The minimum Gasteiger partial charge on any atom is -0.318 e. The van der Waals surface area contributed by atoms with Crippen LogP contribution in [-0.4, -0.2) is 10.4 Å². The number of Topliss-reactive ketones (excluding diaryl/α,β-unsaturated/α-hetero) is 1. The van der Waals surface area contributed by atoms with Crippen molar-refractivity contribution in [2.45, 2.75) is 33.1 Å². The number of aromatic nitrogens is 1. The van der Waals surface area contributed by atoms with Crippen LogP contribution in [0.25, 0.3) is 5.69 Å². The van der Waals surface area contributed by atoms with Crippen molar-refractivity contribution in [3.63, 3.8) is 0 Å². The maximum Gasteiger partial charge on any atom is 0.164 e. The van der Waals surface area contributed by atoms with E-state index in [1.165, 1.54) is 12.8 Å². The molecule has 0 radical (unpaired) electrons. The smallest absolute Gasteiger partial charge is 0.164 e. The molecule has 0 amide bonds. The lowest BCUT2D eigenvalue weighted by Gasteiger charge is -2.10. The van der Waals surface area contributed by atoms with E-state index in [9.17, 15) is 4.79 Å². The van der Waals surface area contributed by atoms with Crippen LogP contribution >= 0.6 is 11.6 Å². The summed E-state index contributed by atoms with van der Waals surface area (Å²) >= 11 is 5.94. The van der Waals surface area contributed by atoms with Crippen molar-refractivity contribution in [3.8, 4) is 5.69 Å². The normalized spacial score (nSPS) is 14.6. The van der Waals surface area contributed by atoms with Gasteiger partial charge in [-0.15, -0.1) is 0 Å². The van der Waals surface area contributed by atoms with E-state index in [4.69, 9.17) is 11.6 Å². The molecule has 3 rings (SSSR count). The molecule has 1 saturated carbocycles. The molecule has 0 aliphatic heterocycles. The molecule has 1 heterocycles. The Hall–Kier alpha value is -1.54. The van der Waals surface area contributed by atoms with E-state index in [2.05, 4.69) is 4.57 Å². The second kappa shape index (κ2) is 5.10. The minimum atomic E-state index is 0.279. The van der Waals surface area contributed by atoms with Crippen LogP contribution in [0.5, 0.6) is 0 Å². The number of hydrogen-bond acceptors (Lipinski definition) is 1. The molecule has 0 saturated heterocycles. The lowest BCUT2D eigenvalue weighted by molar-refractivity contribution is 0.0975. The van der Waals surface area contributed by atoms with Gasteiger partial charge in [-0.2, -0.15) is 0 Å². The molecule has 0 spiro atoms. The highest BCUT2D eigenvalue weighted by Gasteiger charge is 2.26. The van der Waals surface area contributed by atoms with Crippen LogP contribution in [0.2, 0.25) is 5.02 Å². The molecule has 2 nitrogen and oxygen atoms in total. The van der Waals surface area contributed by atoms with E-state index in [0.29, 0.717) is 12.3 Å². The molecule has 1 aromatic heterocycles. The van der Waals surface area contributed by atoms with Gasteiger partial charge in [0.2, 0.25) is 0 Å². The fraction of sp³-hybridized carbons (Fsp3) is 0.353. The number of aryl methyl sites for hydroxylation is 1. The molecule has 2 aromatic rings. The van der Waals surface area contributed by atoms with Gasteiger partial charge in [0.25, 0.3) is 0 Å². The first-order chi connectivity index (χ1) is 9.56. The van der Waals surface area contributed by atoms with Gasteiger partial charge in [0.15, 0.2) is 5.78 Å². The van der Waals surface area contributed by atoms with Crippen molar-refractivity contribution in [2.24, 2.45) is 5.92 Å². The van der Waals surface area contributed by atoms with Gasteiger partial charge in [-0.05, 0) is 62.9 Å². The first-order valence-electron chi connectivity index (χ1n) is 7.04. The van der Waals surface area contributed by atoms with Crippen molar-refractivity contribution >= 4 is 17.4 Å². The molecule has 0 N–H and O–H groups in total. The third-order valence-corrected chi connectivity index (χ3v) is 4.24. The standard InChI is InChI=1S/C17H18ClNO/c1-11-9-16(17(20)10-13-3-4-13)12(2)19(11)15-7-5-14(18)6-8-15/h5-9,13H,3-4,10H2,1-2H3. The Balaban J connectivity index is 1.97. The first-order valence-corrected chi connectivity index (χ1v) is 7.42. The number of carbonyl (C=O) groups excluding carboxylic acids is 1. The molecular formula is C17H18ClNO. The van der Waals surface area contributed by atoms with Gasteiger partial charge in [0.1, 0.15) is 0 Å². The third kappa shape index (κ3) is 2.53. The van der Waals surface area contributed by atoms with Crippen LogP contribution in [0.4, 0.5) is 0 Å². The zero-order valence-electron chi connectivity index (χ0n) is 11.8. The van der Waals surface area contributed by atoms with Gasteiger partial charge in [-0.25, -0.2) is 0 Å². The maximum atomic E-state index is 12.3. The molecule has 1 aliphatic carbocycles. The number of benzene rings is 1. The van der Waals surface area contributed by atoms with E-state index < -0.39 is 0 Å². The Kier molecular flexibility index (Phi) is 3.43. The molecule has 0 atom stereocenters. The lowest BCUT2D eigenvalue weighted by Crippen LogP contribution is -2.04. The highest BCUT2D eigenvalue weighted by molar-refractivity contribution is 6.30. The van der Waals surface area contributed by atoms with E-state index in [1.54, 1.807) is 0 Å². The van der Waals surface area contributed by atoms with E-state index in [-0.39, 0.29) is 5.78 Å². The number of carbonyl (C=O) groups is 1. The molecule has 3 heteroatoms. The van der Waals surface area contributed by atoms with Crippen LogP contribution < -0.4 is 0 Å². The summed E-state index contributed by atoms with van der Waals surface area (Å²) < 4.78 is 2.12. The summed E-state index contributed by atoms with van der Waals surface area (Å²) in [5.74, 6) is 0.905. The number of rotatable bonds is 4. The average molecular weight is 288 g/mol. The number of halogens is 1. The van der Waals surface area contributed by atoms with E-state index in [1.807, 2.05) is 44.2 Å². The Morgan fingerprint density at radius 2 is 1.90 bits per heavy atom. The van der Waals surface area contributed by atoms with E-state index in [0.717, 1.165) is 27.7 Å². The fourth-order valence-corrected chi connectivity index (χ4v) is 2.85. The molecule has 1 fully saturated rings. The van der Waals surface area contributed by atoms with Crippen molar-refractivity contribution in [3.05, 3.63) is 52.3 Å². The summed E-state index contributed by atoms with van der Waals surface area (Å²) in [4.78, 5) is 12.3. The predicted octanol–water partition coefficient (Wildman–Crippen LogP) is 4.73. The van der Waals surface area contributed by atoms with Gasteiger partial charge in [0.05, 0.1) is 0 Å². The van der Waals surface area contributed by atoms with Gasteiger partial charge < -0.3 is 4.57 Å². The topological polar surface area (TPSA) is 22.0 Å². The monoisotopic (exact) mass is 287 g/mol. The lowest BCUT2D eigenvalue weighted by atomic mass is 10.1. The fourth-order valence-electron chi connectivity index (χ4n) is 2.73. The maximum absolute atomic E-state index is 12.3. The number of ketones is 1. The molecule has 20 heavy (non-hydrogen) atoms. The van der Waals surface area contributed by atoms with Crippen LogP contribution in [-0.2, 0) is 0 Å². The van der Waals surface area contributed by atoms with Crippen molar-refractivity contribution < 1.29 is 4.79 Å². The van der Waals surface area contributed by atoms with Crippen LogP contribution in [0.3, 0.4) is 0 Å². The minimum absolute atomic E-state index is 0.279. The Morgan fingerprint density at radius 1 is 1.25 bits per heavy atom. The Bertz CT molecular complexity index is 650. The zero-order valence-corrected chi connectivity index (χ0v) is 12.6. The highest BCUT2D eigenvalue weighted by atomic mass is 35.5. The summed E-state index contributed by atoms with van der Waals surface area (Å²) in [5.41, 5.74) is 4.03. The predicted molar refractivity (Wildman–Crippen MR) is 81.9 cm³/mol. The van der Waals surface area contributed by atoms with Gasteiger partial charge in [0, 0.05) is 34.1 Å². The molecule has 104 valence electrons. The molecule has 1 aromatic carbocycles. The van der Waals surface area contributed by atoms with Gasteiger partial charge in [-0.3, -0.25) is 4.79 Å². The largest absolute Gasteiger partial charge is 0.318 e.